The van der Waals surface area contributed by atoms with E-state index in [0.29, 0.717) is 11.7 Å². The van der Waals surface area contributed by atoms with Crippen molar-refractivity contribution in [3.8, 4) is 0 Å². The van der Waals surface area contributed by atoms with Crippen molar-refractivity contribution in [2.45, 2.75) is 19.9 Å². The molecule has 0 saturated carbocycles. The van der Waals surface area contributed by atoms with E-state index >= 15 is 0 Å². The number of aliphatic imine (C=N–C) groups is 1. The lowest BCUT2D eigenvalue weighted by atomic mass is 10.3. The van der Waals surface area contributed by atoms with Crippen LogP contribution < -0.4 is 11.5 Å². The summed E-state index contributed by atoms with van der Waals surface area (Å²) in [5.74, 6) is 1.02. The fourth-order valence-electron chi connectivity index (χ4n) is 0.925. The van der Waals surface area contributed by atoms with Crippen molar-refractivity contribution in [1.29, 1.82) is 0 Å². The van der Waals surface area contributed by atoms with Crippen molar-refractivity contribution in [3.63, 3.8) is 0 Å². The molecule has 1 unspecified atom stereocenters. The lowest BCUT2D eigenvalue weighted by molar-refractivity contribution is 0.865. The van der Waals surface area contributed by atoms with E-state index in [4.69, 9.17) is 11.5 Å². The third-order valence-electron chi connectivity index (χ3n) is 1.57. The molecule has 1 heterocycles. The maximum Gasteiger partial charge on any atom is 0.114 e. The van der Waals surface area contributed by atoms with Crippen LogP contribution in [0.25, 0.3) is 0 Å². The van der Waals surface area contributed by atoms with Crippen LogP contribution in [-0.2, 0) is 0 Å². The first-order valence-electron chi connectivity index (χ1n) is 4.20. The molecule has 0 fully saturated rings. The molecule has 0 bridgehead atoms. The van der Waals surface area contributed by atoms with Gasteiger partial charge in [0.25, 0.3) is 0 Å². The Balaban J connectivity index is 2.68. The van der Waals surface area contributed by atoms with E-state index in [2.05, 4.69) is 11.9 Å². The minimum absolute atomic E-state index is 0.384. The zero-order valence-electron chi connectivity index (χ0n) is 7.95. The monoisotopic (exact) mass is 197 g/mol. The SMILES string of the molecule is C/C(N)=C/C=C(\N)C1=NC(C)CS1. The Hall–Kier alpha value is -0.900. The van der Waals surface area contributed by atoms with E-state index in [1.807, 2.05) is 6.92 Å². The van der Waals surface area contributed by atoms with Gasteiger partial charge in [-0.1, -0.05) is 0 Å². The Morgan fingerprint density at radius 1 is 1.54 bits per heavy atom. The lowest BCUT2D eigenvalue weighted by Gasteiger charge is -1.96. The number of thioether (sulfide) groups is 1. The highest BCUT2D eigenvalue weighted by Gasteiger charge is 2.14. The number of hydrogen-bond acceptors (Lipinski definition) is 4. The Bertz CT molecular complexity index is 275. The number of hydrogen-bond donors (Lipinski definition) is 2. The fraction of sp³-hybridized carbons (Fsp3) is 0.444. The molecule has 1 atom stereocenters. The summed E-state index contributed by atoms with van der Waals surface area (Å²) >= 11 is 1.70. The smallest absolute Gasteiger partial charge is 0.114 e. The van der Waals surface area contributed by atoms with Crippen molar-refractivity contribution in [1.82, 2.24) is 0 Å². The number of rotatable bonds is 2. The average molecular weight is 197 g/mol. The highest BCUT2D eigenvalue weighted by atomic mass is 32.2. The molecule has 0 radical (unpaired) electrons. The van der Waals surface area contributed by atoms with Crippen LogP contribution >= 0.6 is 11.8 Å². The summed E-state index contributed by atoms with van der Waals surface area (Å²) in [5.41, 5.74) is 12.7. The first-order chi connectivity index (χ1) is 6.09. The first-order valence-corrected chi connectivity index (χ1v) is 5.18. The van der Waals surface area contributed by atoms with Gasteiger partial charge in [-0.3, -0.25) is 4.99 Å². The zero-order valence-corrected chi connectivity index (χ0v) is 8.77. The second-order valence-electron chi connectivity index (χ2n) is 3.13. The van der Waals surface area contributed by atoms with Gasteiger partial charge in [0.2, 0.25) is 0 Å². The van der Waals surface area contributed by atoms with Crippen LogP contribution in [0.4, 0.5) is 0 Å². The van der Waals surface area contributed by atoms with E-state index < -0.39 is 0 Å². The second kappa shape index (κ2) is 4.37. The molecule has 0 aromatic rings. The summed E-state index contributed by atoms with van der Waals surface area (Å²) < 4.78 is 0. The van der Waals surface area contributed by atoms with Gasteiger partial charge < -0.3 is 11.5 Å². The van der Waals surface area contributed by atoms with Gasteiger partial charge in [-0.05, 0) is 26.0 Å². The average Bonchev–Trinajstić information content (AvgIpc) is 2.47. The van der Waals surface area contributed by atoms with Crippen LogP contribution in [0.1, 0.15) is 13.8 Å². The zero-order chi connectivity index (χ0) is 9.84. The maximum absolute atomic E-state index is 5.80. The van der Waals surface area contributed by atoms with Gasteiger partial charge in [-0.25, -0.2) is 0 Å². The Labute approximate surface area is 83.0 Å². The van der Waals surface area contributed by atoms with E-state index in [1.54, 1.807) is 23.9 Å². The van der Waals surface area contributed by atoms with Crippen LogP contribution in [0, 0.1) is 0 Å². The maximum atomic E-state index is 5.80. The third kappa shape index (κ3) is 3.14. The largest absolute Gasteiger partial charge is 0.402 e. The lowest BCUT2D eigenvalue weighted by Crippen LogP contribution is -2.05. The van der Waals surface area contributed by atoms with E-state index in [9.17, 15) is 0 Å². The Morgan fingerprint density at radius 3 is 2.69 bits per heavy atom. The molecule has 0 amide bonds. The molecule has 4 heteroatoms. The van der Waals surface area contributed by atoms with Crippen molar-refractivity contribution in [3.05, 3.63) is 23.5 Å². The molecule has 1 aliphatic heterocycles. The van der Waals surface area contributed by atoms with Crippen LogP contribution in [-0.4, -0.2) is 16.8 Å². The minimum atomic E-state index is 0.384. The predicted octanol–water partition coefficient (Wildman–Crippen LogP) is 1.23. The summed E-state index contributed by atoms with van der Waals surface area (Å²) in [6.07, 6.45) is 3.60. The third-order valence-corrected chi connectivity index (χ3v) is 2.84. The molecular formula is C9H15N3S. The Morgan fingerprint density at radius 2 is 2.23 bits per heavy atom. The number of nitrogens with zero attached hydrogens (tertiary/aromatic N) is 1. The van der Waals surface area contributed by atoms with Crippen molar-refractivity contribution in [2.24, 2.45) is 16.5 Å². The minimum Gasteiger partial charge on any atom is -0.402 e. The van der Waals surface area contributed by atoms with Gasteiger partial charge >= 0.3 is 0 Å². The van der Waals surface area contributed by atoms with Gasteiger partial charge in [-0.15, -0.1) is 11.8 Å². The highest BCUT2D eigenvalue weighted by molar-refractivity contribution is 8.14. The molecule has 4 N–H and O–H groups in total. The predicted molar refractivity (Wildman–Crippen MR) is 59.6 cm³/mol. The second-order valence-corrected chi connectivity index (χ2v) is 4.14. The molecule has 0 aromatic heterocycles. The summed E-state index contributed by atoms with van der Waals surface area (Å²) in [7, 11) is 0. The summed E-state index contributed by atoms with van der Waals surface area (Å²) in [4.78, 5) is 4.38. The molecule has 0 spiro atoms. The Kier molecular flexibility index (Phi) is 3.42. The molecule has 0 aromatic carbocycles. The molecular weight excluding hydrogens is 182 g/mol. The van der Waals surface area contributed by atoms with Crippen molar-refractivity contribution >= 4 is 16.8 Å². The molecule has 72 valence electrons. The van der Waals surface area contributed by atoms with Crippen LogP contribution in [0.2, 0.25) is 0 Å². The summed E-state index contributed by atoms with van der Waals surface area (Å²) in [6, 6.07) is 0.384. The molecule has 0 saturated heterocycles. The van der Waals surface area contributed by atoms with Crippen LogP contribution in [0.15, 0.2) is 28.5 Å². The van der Waals surface area contributed by atoms with Gasteiger partial charge in [0.05, 0.1) is 11.7 Å². The summed E-state index contributed by atoms with van der Waals surface area (Å²) in [5, 5.41) is 0.935. The van der Waals surface area contributed by atoms with Gasteiger partial charge in [0.15, 0.2) is 0 Å². The standard InChI is InChI=1S/C9H15N3S/c1-6(10)3-4-8(11)9-12-7(2)5-13-9/h3-4,7H,5,10-11H2,1-2H3/b6-3-,8-4-. The van der Waals surface area contributed by atoms with Gasteiger partial charge in [0.1, 0.15) is 5.04 Å². The highest BCUT2D eigenvalue weighted by Crippen LogP contribution is 2.20. The number of allylic oxidation sites excluding steroid dienone is 3. The molecule has 3 nitrogen and oxygen atoms in total. The van der Waals surface area contributed by atoms with Crippen LogP contribution in [0.5, 0.6) is 0 Å². The van der Waals surface area contributed by atoms with E-state index in [1.165, 1.54) is 0 Å². The normalized spacial score (nSPS) is 24.8. The van der Waals surface area contributed by atoms with E-state index in [0.717, 1.165) is 16.5 Å². The summed E-state index contributed by atoms with van der Waals surface area (Å²) in [6.45, 7) is 3.91. The first kappa shape index (κ1) is 10.2. The van der Waals surface area contributed by atoms with Crippen molar-refractivity contribution in [2.75, 3.05) is 5.75 Å². The van der Waals surface area contributed by atoms with Crippen molar-refractivity contribution < 1.29 is 0 Å². The van der Waals surface area contributed by atoms with Gasteiger partial charge in [0, 0.05) is 11.4 Å². The van der Waals surface area contributed by atoms with Crippen LogP contribution in [0.3, 0.4) is 0 Å². The molecule has 13 heavy (non-hydrogen) atoms. The molecule has 1 rings (SSSR count). The van der Waals surface area contributed by atoms with E-state index in [-0.39, 0.29) is 0 Å². The molecule has 1 aliphatic rings. The fourth-order valence-corrected chi connectivity index (χ4v) is 1.89. The molecule has 0 aliphatic carbocycles. The van der Waals surface area contributed by atoms with Gasteiger partial charge in [-0.2, -0.15) is 0 Å². The quantitative estimate of drug-likeness (QED) is 0.654. The topological polar surface area (TPSA) is 64.4 Å². The number of nitrogens with two attached hydrogens (primary N) is 2.